The third-order valence-corrected chi connectivity index (χ3v) is 2.44. The van der Waals surface area contributed by atoms with Crippen LogP contribution in [0.3, 0.4) is 0 Å². The average Bonchev–Trinajstić information content (AvgIpc) is 2.59. The molecule has 0 fully saturated rings. The van der Waals surface area contributed by atoms with Crippen LogP contribution >= 0.6 is 11.6 Å². The summed E-state index contributed by atoms with van der Waals surface area (Å²) < 4.78 is 1.88. The summed E-state index contributed by atoms with van der Waals surface area (Å²) in [6, 6.07) is 5.69. The summed E-state index contributed by atoms with van der Waals surface area (Å²) in [6.07, 6.45) is 3.84. The molecule has 0 saturated carbocycles. The van der Waals surface area contributed by atoms with Gasteiger partial charge in [0, 0.05) is 6.20 Å². The Kier molecular flexibility index (Phi) is 2.70. The summed E-state index contributed by atoms with van der Waals surface area (Å²) in [5, 5.41) is 0.689. The van der Waals surface area contributed by atoms with E-state index in [9.17, 15) is 0 Å². The van der Waals surface area contributed by atoms with Gasteiger partial charge in [0.05, 0.1) is 5.69 Å². The predicted molar refractivity (Wildman–Crippen MR) is 57.6 cm³/mol. The van der Waals surface area contributed by atoms with Crippen LogP contribution in [0.1, 0.15) is 12.1 Å². The summed E-state index contributed by atoms with van der Waals surface area (Å²) in [5.74, 6) is 0. The Bertz CT molecular complexity index is 436. The van der Waals surface area contributed by atoms with Crippen LogP contribution in [0.4, 0.5) is 0 Å². The molecule has 2 rings (SSSR count). The number of nitrogens with two attached hydrogens (primary N) is 1. The number of rotatable bonds is 3. The lowest BCUT2D eigenvalue weighted by Gasteiger charge is -1.93. The van der Waals surface area contributed by atoms with Crippen molar-refractivity contribution in [2.45, 2.75) is 12.8 Å². The van der Waals surface area contributed by atoms with Crippen molar-refractivity contribution in [1.29, 1.82) is 0 Å². The van der Waals surface area contributed by atoms with Gasteiger partial charge in [-0.2, -0.15) is 0 Å². The molecule has 0 bridgehead atoms. The first kappa shape index (κ1) is 9.49. The monoisotopic (exact) mass is 209 g/mol. The van der Waals surface area contributed by atoms with Crippen molar-refractivity contribution in [1.82, 2.24) is 9.38 Å². The van der Waals surface area contributed by atoms with Gasteiger partial charge in [0.15, 0.2) is 0 Å². The van der Waals surface area contributed by atoms with E-state index >= 15 is 0 Å². The highest BCUT2D eigenvalue weighted by Gasteiger charge is 2.02. The van der Waals surface area contributed by atoms with Gasteiger partial charge < -0.3 is 5.73 Å². The Labute approximate surface area is 87.5 Å². The highest BCUT2D eigenvalue weighted by Crippen LogP contribution is 2.13. The van der Waals surface area contributed by atoms with Gasteiger partial charge >= 0.3 is 0 Å². The molecule has 2 aromatic heterocycles. The van der Waals surface area contributed by atoms with Crippen molar-refractivity contribution < 1.29 is 0 Å². The molecule has 2 heterocycles. The molecule has 0 aliphatic carbocycles. The maximum Gasteiger partial charge on any atom is 0.138 e. The van der Waals surface area contributed by atoms with Crippen LogP contribution in [-0.2, 0) is 6.42 Å². The van der Waals surface area contributed by atoms with E-state index < -0.39 is 0 Å². The van der Waals surface area contributed by atoms with E-state index in [0.717, 1.165) is 24.2 Å². The molecule has 0 saturated heterocycles. The lowest BCUT2D eigenvalue weighted by molar-refractivity contribution is 0.816. The number of hydrogen-bond donors (Lipinski definition) is 1. The summed E-state index contributed by atoms with van der Waals surface area (Å²) in [6.45, 7) is 0.696. The first-order chi connectivity index (χ1) is 6.81. The molecule has 0 spiro atoms. The van der Waals surface area contributed by atoms with Crippen molar-refractivity contribution in [2.75, 3.05) is 6.54 Å². The smallest absolute Gasteiger partial charge is 0.138 e. The van der Waals surface area contributed by atoms with Crippen LogP contribution < -0.4 is 5.73 Å². The van der Waals surface area contributed by atoms with Crippen LogP contribution in [0.15, 0.2) is 24.4 Å². The van der Waals surface area contributed by atoms with Gasteiger partial charge in [-0.15, -0.1) is 0 Å². The van der Waals surface area contributed by atoms with E-state index in [0.29, 0.717) is 11.7 Å². The molecule has 0 atom stereocenters. The lowest BCUT2D eigenvalue weighted by atomic mass is 10.2. The molecule has 2 N–H and O–H groups in total. The maximum atomic E-state index is 6.00. The number of pyridine rings is 1. The first-order valence-electron chi connectivity index (χ1n) is 4.64. The third-order valence-electron chi connectivity index (χ3n) is 2.13. The number of aryl methyl sites for hydroxylation is 1. The van der Waals surface area contributed by atoms with Crippen molar-refractivity contribution in [2.24, 2.45) is 5.73 Å². The zero-order valence-electron chi connectivity index (χ0n) is 7.78. The van der Waals surface area contributed by atoms with Gasteiger partial charge in [-0.1, -0.05) is 17.7 Å². The maximum absolute atomic E-state index is 6.00. The van der Waals surface area contributed by atoms with Crippen LogP contribution in [0, 0.1) is 0 Å². The fourth-order valence-electron chi connectivity index (χ4n) is 1.43. The largest absolute Gasteiger partial charge is 0.330 e. The van der Waals surface area contributed by atoms with E-state index in [4.69, 9.17) is 17.3 Å². The number of halogens is 1. The first-order valence-corrected chi connectivity index (χ1v) is 5.01. The molecule has 0 amide bonds. The minimum atomic E-state index is 0.689. The van der Waals surface area contributed by atoms with Gasteiger partial charge in [0.2, 0.25) is 0 Å². The second-order valence-corrected chi connectivity index (χ2v) is 3.59. The number of hydrogen-bond acceptors (Lipinski definition) is 2. The summed E-state index contributed by atoms with van der Waals surface area (Å²) in [7, 11) is 0. The molecule has 0 aliphatic rings. The molecule has 2 aromatic rings. The van der Waals surface area contributed by atoms with Crippen LogP contribution in [-0.4, -0.2) is 15.9 Å². The molecule has 0 unspecified atom stereocenters. The van der Waals surface area contributed by atoms with E-state index in [2.05, 4.69) is 4.98 Å². The van der Waals surface area contributed by atoms with Crippen molar-refractivity contribution >= 4 is 17.2 Å². The number of aromatic nitrogens is 2. The minimum absolute atomic E-state index is 0.689. The third kappa shape index (κ3) is 1.74. The Morgan fingerprint density at radius 3 is 3.00 bits per heavy atom. The number of imidazole rings is 1. The number of fused-ring (bicyclic) bond motifs is 1. The standard InChI is InChI=1S/C10H12ClN3/c11-9-4-1-5-10-13-8(3-2-6-12)7-14(9)10/h1,4-5,7H,2-3,6,12H2. The van der Waals surface area contributed by atoms with Gasteiger partial charge in [0.25, 0.3) is 0 Å². The van der Waals surface area contributed by atoms with Crippen LogP contribution in [0.5, 0.6) is 0 Å². The highest BCUT2D eigenvalue weighted by atomic mass is 35.5. The van der Waals surface area contributed by atoms with Gasteiger partial charge in [-0.3, -0.25) is 4.40 Å². The SMILES string of the molecule is NCCCc1cn2c(Cl)cccc2n1. The summed E-state index contributed by atoms with van der Waals surface area (Å²) in [5.41, 5.74) is 7.38. The highest BCUT2D eigenvalue weighted by molar-refractivity contribution is 6.29. The molecular weight excluding hydrogens is 198 g/mol. The van der Waals surface area contributed by atoms with Crippen LogP contribution in [0.25, 0.3) is 5.65 Å². The minimum Gasteiger partial charge on any atom is -0.330 e. The molecule has 3 nitrogen and oxygen atoms in total. The number of nitrogens with zero attached hydrogens (tertiary/aromatic N) is 2. The average molecular weight is 210 g/mol. The lowest BCUT2D eigenvalue weighted by Crippen LogP contribution is -2.00. The zero-order valence-corrected chi connectivity index (χ0v) is 8.54. The van der Waals surface area contributed by atoms with Gasteiger partial charge in [0.1, 0.15) is 10.8 Å². The molecular formula is C10H12ClN3. The fourth-order valence-corrected chi connectivity index (χ4v) is 1.64. The topological polar surface area (TPSA) is 43.3 Å². The normalized spacial score (nSPS) is 11.0. The van der Waals surface area contributed by atoms with Crippen molar-refractivity contribution in [3.8, 4) is 0 Å². The van der Waals surface area contributed by atoms with Crippen molar-refractivity contribution in [3.05, 3.63) is 35.2 Å². The zero-order chi connectivity index (χ0) is 9.97. The van der Waals surface area contributed by atoms with Crippen molar-refractivity contribution in [3.63, 3.8) is 0 Å². The molecule has 0 aromatic carbocycles. The molecule has 4 heteroatoms. The molecule has 74 valence electrons. The van der Waals surface area contributed by atoms with E-state index in [1.807, 2.05) is 28.8 Å². The predicted octanol–water partition coefficient (Wildman–Crippen LogP) is 1.88. The Morgan fingerprint density at radius 2 is 2.29 bits per heavy atom. The molecule has 0 aliphatic heterocycles. The van der Waals surface area contributed by atoms with E-state index in [1.165, 1.54) is 0 Å². The quantitative estimate of drug-likeness (QED) is 0.785. The Balaban J connectivity index is 2.36. The molecule has 0 radical (unpaired) electrons. The second kappa shape index (κ2) is 3.98. The van der Waals surface area contributed by atoms with Crippen LogP contribution in [0.2, 0.25) is 5.15 Å². The summed E-state index contributed by atoms with van der Waals surface area (Å²) >= 11 is 6.00. The second-order valence-electron chi connectivity index (χ2n) is 3.20. The van der Waals surface area contributed by atoms with Gasteiger partial charge in [-0.25, -0.2) is 4.98 Å². The van der Waals surface area contributed by atoms with E-state index in [-0.39, 0.29) is 0 Å². The fraction of sp³-hybridized carbons (Fsp3) is 0.300. The van der Waals surface area contributed by atoms with Gasteiger partial charge in [-0.05, 0) is 31.5 Å². The Hall–Kier alpha value is -1.06. The van der Waals surface area contributed by atoms with E-state index in [1.54, 1.807) is 0 Å². The summed E-state index contributed by atoms with van der Waals surface area (Å²) in [4.78, 5) is 4.43. The Morgan fingerprint density at radius 1 is 1.43 bits per heavy atom. The molecule has 14 heavy (non-hydrogen) atoms.